The highest BCUT2D eigenvalue weighted by molar-refractivity contribution is 6.07. The lowest BCUT2D eigenvalue weighted by Gasteiger charge is -2.35. The number of aromatic nitrogens is 2. The fourth-order valence-corrected chi connectivity index (χ4v) is 6.52. The highest BCUT2D eigenvalue weighted by Crippen LogP contribution is 2.49. The second-order valence-electron chi connectivity index (χ2n) is 14.3. The second kappa shape index (κ2) is 13.9. The number of aliphatic imine (C=N–C) groups is 2. The first-order valence-corrected chi connectivity index (χ1v) is 16.5. The van der Waals surface area contributed by atoms with E-state index in [0.29, 0.717) is 26.4 Å². The van der Waals surface area contributed by atoms with Gasteiger partial charge in [0.05, 0.1) is 17.9 Å². The fourth-order valence-electron chi connectivity index (χ4n) is 6.52. The molecule has 1 fully saturated rings. The molecule has 0 spiro atoms. The molecule has 1 aromatic heterocycles. The van der Waals surface area contributed by atoms with Gasteiger partial charge >= 0.3 is 25.4 Å². The van der Waals surface area contributed by atoms with Crippen molar-refractivity contribution in [2.24, 2.45) is 21.1 Å². The molecule has 54 heavy (non-hydrogen) atoms. The maximum absolute atomic E-state index is 15.2. The number of halogens is 8. The Kier molecular flexibility index (Phi) is 9.87. The van der Waals surface area contributed by atoms with E-state index in [1.165, 1.54) is 12.3 Å². The Morgan fingerprint density at radius 2 is 1.70 bits per heavy atom. The minimum atomic E-state index is -4.77. The number of ether oxygens (including phenoxy) is 1. The third kappa shape index (κ3) is 7.30. The molecule has 0 saturated heterocycles. The number of hydrogen-bond acceptors (Lipinski definition) is 9. The number of rotatable bonds is 11. The van der Waals surface area contributed by atoms with Crippen LogP contribution >= 0.6 is 0 Å². The summed E-state index contributed by atoms with van der Waals surface area (Å²) in [6.07, 6.45) is -3.56. The van der Waals surface area contributed by atoms with Crippen molar-refractivity contribution in [2.45, 2.75) is 76.4 Å². The number of alkyl carbamates (subject to hydrolysis) is 1. The zero-order chi connectivity index (χ0) is 39.4. The lowest BCUT2D eigenvalue weighted by molar-refractivity contribution is -0.164. The van der Waals surface area contributed by atoms with E-state index < -0.39 is 84.5 Å². The van der Waals surface area contributed by atoms with Crippen LogP contribution in [-0.4, -0.2) is 75.5 Å². The van der Waals surface area contributed by atoms with Crippen LogP contribution in [0, 0.1) is 11.2 Å². The number of nitrogens with zero attached hydrogens (tertiary/aromatic N) is 7. The van der Waals surface area contributed by atoms with Crippen molar-refractivity contribution < 1.29 is 49.4 Å². The third-order valence-electron chi connectivity index (χ3n) is 9.25. The van der Waals surface area contributed by atoms with Gasteiger partial charge in [-0.25, -0.2) is 18.9 Å². The van der Waals surface area contributed by atoms with Crippen molar-refractivity contribution in [3.8, 4) is 11.1 Å². The maximum Gasteiger partial charge on any atom is 0.411 e. The summed E-state index contributed by atoms with van der Waals surface area (Å²) in [5.74, 6) is -2.11. The molecule has 1 saturated carbocycles. The Morgan fingerprint density at radius 3 is 2.28 bits per heavy atom. The van der Waals surface area contributed by atoms with Gasteiger partial charge in [-0.1, -0.05) is 51.1 Å². The van der Waals surface area contributed by atoms with E-state index in [2.05, 4.69) is 15.1 Å². The maximum atomic E-state index is 15.2. The van der Waals surface area contributed by atoms with Crippen molar-refractivity contribution >= 4 is 30.0 Å². The molecule has 3 N–H and O–H groups in total. The van der Waals surface area contributed by atoms with Crippen LogP contribution in [0.15, 0.2) is 64.8 Å². The minimum Gasteiger partial charge on any atom is -0.447 e. The lowest BCUT2D eigenvalue weighted by Crippen LogP contribution is -2.50. The van der Waals surface area contributed by atoms with E-state index in [4.69, 9.17) is 10.5 Å². The molecule has 290 valence electrons. The summed E-state index contributed by atoms with van der Waals surface area (Å²) < 4.78 is 116. The smallest absolute Gasteiger partial charge is 0.411 e. The van der Waals surface area contributed by atoms with Gasteiger partial charge in [-0.05, 0) is 53.5 Å². The second-order valence-corrected chi connectivity index (χ2v) is 14.3. The van der Waals surface area contributed by atoms with Crippen LogP contribution in [0.25, 0.3) is 11.1 Å². The van der Waals surface area contributed by atoms with E-state index in [0.717, 1.165) is 34.6 Å². The van der Waals surface area contributed by atoms with Crippen LogP contribution in [0.4, 0.5) is 45.6 Å². The van der Waals surface area contributed by atoms with Gasteiger partial charge in [-0.3, -0.25) is 19.7 Å². The molecule has 2 aromatic carbocycles. The third-order valence-corrected chi connectivity index (χ3v) is 9.25. The van der Waals surface area contributed by atoms with Crippen molar-refractivity contribution in [1.29, 1.82) is 0 Å². The summed E-state index contributed by atoms with van der Waals surface area (Å²) in [7, 11) is 0. The SMILES string of the molecule is CC(C)(C)C[C@]1(c2ccc(-c3cnn(C(F)F)c3)cc2)N=C(N)N([C@H](COC(=O)NC2(C(F)(F)F)CC2)c2ccc(F)c(N3C=NCN3C(F)F)c2)C1=O. The standard InChI is InChI=1S/C34H35F8N9O3/c1-31(2,3)16-33(22-7-4-19(5-8-22)21-13-45-48(14-21)27(36)37)26(52)51(29(43)46-33)25(15-54-30(53)47-32(10-11-32)34(40,41)42)20-6-9-23(35)24(12-20)49-17-44-18-50(49)28(38)39/h4-9,12-14,17,25,27-28H,10-11,15-16,18H2,1-3H3,(H2,43,46)(H,47,53)/t25-,33-/m1/s1. The van der Waals surface area contributed by atoms with Gasteiger partial charge in [-0.2, -0.15) is 35.8 Å². The number of alkyl halides is 7. The molecule has 3 aliphatic rings. The first-order chi connectivity index (χ1) is 25.2. The largest absolute Gasteiger partial charge is 0.447 e. The van der Waals surface area contributed by atoms with E-state index in [1.807, 2.05) is 26.1 Å². The van der Waals surface area contributed by atoms with E-state index >= 15 is 4.39 Å². The molecule has 6 rings (SSSR count). The quantitative estimate of drug-likeness (QED) is 0.164. The van der Waals surface area contributed by atoms with Crippen molar-refractivity contribution in [3.63, 3.8) is 0 Å². The van der Waals surface area contributed by atoms with Gasteiger partial charge in [0.25, 0.3) is 5.91 Å². The van der Waals surface area contributed by atoms with Gasteiger partial charge in [0.15, 0.2) is 11.5 Å². The zero-order valence-electron chi connectivity index (χ0n) is 29.0. The van der Waals surface area contributed by atoms with Crippen LogP contribution < -0.4 is 16.1 Å². The summed E-state index contributed by atoms with van der Waals surface area (Å²) in [6.45, 7) is -1.77. The van der Waals surface area contributed by atoms with Crippen LogP contribution in [-0.2, 0) is 15.1 Å². The molecule has 3 heterocycles. The lowest BCUT2D eigenvalue weighted by atomic mass is 9.75. The highest BCUT2D eigenvalue weighted by atomic mass is 19.4. The Morgan fingerprint density at radius 1 is 1.02 bits per heavy atom. The average Bonchev–Trinajstić information content (AvgIpc) is 3.40. The number of hydrogen-bond donors (Lipinski definition) is 2. The summed E-state index contributed by atoms with van der Waals surface area (Å²) in [4.78, 5) is 37.0. The van der Waals surface area contributed by atoms with Gasteiger partial charge in [0, 0.05) is 11.8 Å². The zero-order valence-corrected chi connectivity index (χ0v) is 29.0. The predicted molar refractivity (Wildman–Crippen MR) is 178 cm³/mol. The van der Waals surface area contributed by atoms with Crippen molar-refractivity contribution in [3.05, 3.63) is 71.8 Å². The summed E-state index contributed by atoms with van der Waals surface area (Å²) in [5.41, 5.74) is 2.41. The molecule has 2 aliphatic heterocycles. The number of guanidine groups is 1. The first-order valence-electron chi connectivity index (χ1n) is 16.5. The number of nitrogens with two attached hydrogens (primary N) is 1. The summed E-state index contributed by atoms with van der Waals surface area (Å²) in [6, 6.07) is 8.01. The molecule has 2 amide bonds. The van der Waals surface area contributed by atoms with Gasteiger partial charge in [-0.15, -0.1) is 5.01 Å². The molecule has 12 nitrogen and oxygen atoms in total. The average molecular weight is 770 g/mol. The topological polar surface area (TPSA) is 134 Å². The minimum absolute atomic E-state index is 0.00452. The van der Waals surface area contributed by atoms with Crippen LogP contribution in [0.1, 0.15) is 63.8 Å². The number of nitrogens with one attached hydrogen (secondary N) is 1. The Bertz CT molecular complexity index is 1960. The molecule has 3 aromatic rings. The van der Waals surface area contributed by atoms with Gasteiger partial charge < -0.3 is 15.8 Å². The molecule has 0 bridgehead atoms. The van der Waals surface area contributed by atoms with E-state index in [9.17, 15) is 40.3 Å². The van der Waals surface area contributed by atoms with Gasteiger partial charge in [0.1, 0.15) is 31.0 Å². The van der Waals surface area contributed by atoms with Crippen LogP contribution in [0.3, 0.4) is 0 Å². The normalized spacial score (nSPS) is 20.6. The van der Waals surface area contributed by atoms with Crippen LogP contribution in [0.5, 0.6) is 0 Å². The Balaban J connectivity index is 1.39. The van der Waals surface area contributed by atoms with Gasteiger partial charge in [0.2, 0.25) is 0 Å². The predicted octanol–water partition coefficient (Wildman–Crippen LogP) is 6.68. The number of hydrazine groups is 1. The molecule has 0 unspecified atom stereocenters. The molecular weight excluding hydrogens is 734 g/mol. The number of amides is 2. The first kappa shape index (κ1) is 38.5. The number of anilines is 1. The van der Waals surface area contributed by atoms with E-state index in [1.54, 1.807) is 24.3 Å². The number of carbonyl (C=O) groups is 2. The Labute approximate surface area is 303 Å². The highest BCUT2D eigenvalue weighted by Gasteiger charge is 2.64. The molecule has 20 heteroatoms. The molecule has 0 radical (unpaired) electrons. The molecule has 2 atom stereocenters. The molecular formula is C34H35F8N9O3. The van der Waals surface area contributed by atoms with Crippen molar-refractivity contribution in [2.75, 3.05) is 18.3 Å². The van der Waals surface area contributed by atoms with Crippen molar-refractivity contribution in [1.82, 2.24) is 25.0 Å². The molecule has 1 aliphatic carbocycles. The summed E-state index contributed by atoms with van der Waals surface area (Å²) >= 11 is 0. The summed E-state index contributed by atoms with van der Waals surface area (Å²) in [5, 5.41) is 6.69. The number of benzene rings is 2. The van der Waals surface area contributed by atoms with Crippen LogP contribution in [0.2, 0.25) is 0 Å². The fraction of sp³-hybridized carbons (Fsp3) is 0.441. The number of carbonyl (C=O) groups excluding carboxylic acids is 2. The Hall–Kier alpha value is -5.27. The monoisotopic (exact) mass is 769 g/mol. The van der Waals surface area contributed by atoms with E-state index in [-0.39, 0.29) is 24.8 Å².